The lowest BCUT2D eigenvalue weighted by Crippen LogP contribution is -2.78. The van der Waals surface area contributed by atoms with Gasteiger partial charge in [0.05, 0.1) is 13.5 Å². The van der Waals surface area contributed by atoms with E-state index in [9.17, 15) is 8.42 Å². The van der Waals surface area contributed by atoms with Gasteiger partial charge in [0.15, 0.2) is 0 Å². The van der Waals surface area contributed by atoms with Gasteiger partial charge in [0.1, 0.15) is 10.6 Å². The molecular formula is C15H14NO3S+. The van der Waals surface area contributed by atoms with Crippen molar-refractivity contribution in [3.63, 3.8) is 0 Å². The van der Waals surface area contributed by atoms with Crippen LogP contribution in [0.2, 0.25) is 0 Å². The SMILES string of the molecule is COc1ccc2c(c1)CC(c1ccccc1)=[NH+]S2(=O)=O. The van der Waals surface area contributed by atoms with E-state index < -0.39 is 10.0 Å². The number of rotatable bonds is 2. The third kappa shape index (κ3) is 2.20. The molecule has 0 amide bonds. The highest BCUT2D eigenvalue weighted by Crippen LogP contribution is 2.23. The van der Waals surface area contributed by atoms with Crippen LogP contribution < -0.4 is 9.13 Å². The molecule has 3 rings (SSSR count). The number of methoxy groups -OCH3 is 1. The summed E-state index contributed by atoms with van der Waals surface area (Å²) in [6, 6.07) is 14.5. The van der Waals surface area contributed by atoms with Gasteiger partial charge in [-0.2, -0.15) is 8.42 Å². The summed E-state index contributed by atoms with van der Waals surface area (Å²) >= 11 is 0. The molecule has 0 spiro atoms. The molecule has 0 radical (unpaired) electrons. The minimum Gasteiger partial charge on any atom is -0.497 e. The largest absolute Gasteiger partial charge is 0.497 e. The van der Waals surface area contributed by atoms with Gasteiger partial charge in [0, 0.05) is 5.56 Å². The molecule has 0 bridgehead atoms. The summed E-state index contributed by atoms with van der Waals surface area (Å²) in [4.78, 5) is 0.318. The van der Waals surface area contributed by atoms with E-state index in [-0.39, 0.29) is 0 Å². The molecule has 1 N–H and O–H groups in total. The van der Waals surface area contributed by atoms with Gasteiger partial charge in [-0.15, -0.1) is 4.40 Å². The van der Waals surface area contributed by atoms with Crippen LogP contribution in [0.4, 0.5) is 0 Å². The first-order valence-electron chi connectivity index (χ1n) is 6.21. The van der Waals surface area contributed by atoms with Gasteiger partial charge in [0.2, 0.25) is 5.71 Å². The van der Waals surface area contributed by atoms with E-state index in [4.69, 9.17) is 4.74 Å². The van der Waals surface area contributed by atoms with Crippen molar-refractivity contribution < 1.29 is 17.6 Å². The Bertz CT molecular complexity index is 780. The molecule has 0 aromatic heterocycles. The predicted octanol–water partition coefficient (Wildman–Crippen LogP) is 0.510. The van der Waals surface area contributed by atoms with E-state index in [0.717, 1.165) is 11.1 Å². The summed E-state index contributed by atoms with van der Waals surface area (Å²) in [5, 5.41) is 0. The highest BCUT2D eigenvalue weighted by Gasteiger charge is 2.31. The molecule has 0 atom stereocenters. The molecule has 0 saturated carbocycles. The molecule has 2 aromatic rings. The Morgan fingerprint density at radius 1 is 1.10 bits per heavy atom. The molecule has 4 nitrogen and oxygen atoms in total. The van der Waals surface area contributed by atoms with Gasteiger partial charge in [0.25, 0.3) is 0 Å². The highest BCUT2D eigenvalue weighted by molar-refractivity contribution is 7.84. The molecule has 1 aliphatic rings. The average molecular weight is 288 g/mol. The number of hydrogen-bond acceptors (Lipinski definition) is 3. The molecule has 0 unspecified atom stereocenters. The third-order valence-corrected chi connectivity index (χ3v) is 4.80. The smallest absolute Gasteiger partial charge is 0.393 e. The zero-order valence-corrected chi connectivity index (χ0v) is 11.8. The molecule has 1 aliphatic heterocycles. The van der Waals surface area contributed by atoms with Gasteiger partial charge in [-0.3, -0.25) is 0 Å². The summed E-state index contributed by atoms with van der Waals surface area (Å²) in [5.41, 5.74) is 2.32. The Morgan fingerprint density at radius 3 is 2.55 bits per heavy atom. The second-order valence-electron chi connectivity index (χ2n) is 4.60. The highest BCUT2D eigenvalue weighted by atomic mass is 32.2. The lowest BCUT2D eigenvalue weighted by molar-refractivity contribution is -0.269. The number of ether oxygens (including phenoxy) is 1. The summed E-state index contributed by atoms with van der Waals surface area (Å²) in [6.07, 6.45) is 0.537. The fourth-order valence-corrected chi connectivity index (χ4v) is 3.67. The zero-order chi connectivity index (χ0) is 14.2. The van der Waals surface area contributed by atoms with Crippen molar-refractivity contribution in [1.29, 1.82) is 0 Å². The first-order valence-corrected chi connectivity index (χ1v) is 7.69. The summed E-state index contributed by atoms with van der Waals surface area (Å²) in [5.74, 6) is 0.660. The van der Waals surface area contributed by atoms with Crippen molar-refractivity contribution in [3.8, 4) is 5.75 Å². The second kappa shape index (κ2) is 4.76. The first-order chi connectivity index (χ1) is 9.60. The van der Waals surface area contributed by atoms with Crippen LogP contribution in [0, 0.1) is 0 Å². The van der Waals surface area contributed by atoms with E-state index in [0.29, 0.717) is 22.8 Å². The zero-order valence-electron chi connectivity index (χ0n) is 11.0. The Morgan fingerprint density at radius 2 is 1.85 bits per heavy atom. The summed E-state index contributed by atoms with van der Waals surface area (Å²) in [6.45, 7) is 0. The van der Waals surface area contributed by atoms with Gasteiger partial charge in [-0.05, 0) is 35.9 Å². The molecule has 20 heavy (non-hydrogen) atoms. The van der Waals surface area contributed by atoms with Gasteiger partial charge in [-0.1, -0.05) is 18.2 Å². The average Bonchev–Trinajstić information content (AvgIpc) is 2.46. The quantitative estimate of drug-likeness (QED) is 0.876. The van der Waals surface area contributed by atoms with Gasteiger partial charge < -0.3 is 4.74 Å². The normalized spacial score (nSPS) is 16.1. The molecule has 0 aliphatic carbocycles. The van der Waals surface area contributed by atoms with E-state index in [1.54, 1.807) is 25.3 Å². The molecular weight excluding hydrogens is 274 g/mol. The number of sulfonamides is 1. The predicted molar refractivity (Wildman–Crippen MR) is 75.4 cm³/mol. The maximum atomic E-state index is 12.3. The van der Waals surface area contributed by atoms with Crippen molar-refractivity contribution in [2.75, 3.05) is 7.11 Å². The first kappa shape index (κ1) is 12.9. The Labute approximate surface area is 117 Å². The van der Waals surface area contributed by atoms with Crippen LogP contribution in [0.5, 0.6) is 5.75 Å². The van der Waals surface area contributed by atoms with Gasteiger partial charge >= 0.3 is 10.0 Å². The number of benzene rings is 2. The molecule has 2 aromatic carbocycles. The van der Waals surface area contributed by atoms with Crippen LogP contribution in [0.15, 0.2) is 53.4 Å². The Balaban J connectivity index is 2.13. The number of fused-ring (bicyclic) bond motifs is 1. The number of hydrogen-bond donors (Lipinski definition) is 1. The fourth-order valence-electron chi connectivity index (χ4n) is 2.33. The van der Waals surface area contributed by atoms with Crippen LogP contribution in [-0.2, 0) is 16.4 Å². The number of nitrogens with one attached hydrogen (secondary N) is 1. The maximum absolute atomic E-state index is 12.3. The Hall–Kier alpha value is -2.14. The molecule has 102 valence electrons. The van der Waals surface area contributed by atoms with E-state index in [1.807, 2.05) is 30.3 Å². The lowest BCUT2D eigenvalue weighted by atomic mass is 10.0. The van der Waals surface area contributed by atoms with Crippen LogP contribution in [-0.4, -0.2) is 21.2 Å². The van der Waals surface area contributed by atoms with Crippen molar-refractivity contribution in [2.45, 2.75) is 11.3 Å². The standard InChI is InChI=1S/C15H13NO3S/c1-19-13-7-8-15-12(9-13)10-14(16-20(15,17)18)11-5-3-2-4-6-11/h2-9H,10H2,1H3/p+1. The van der Waals surface area contributed by atoms with E-state index in [1.165, 1.54) is 0 Å². The Kier molecular flexibility index (Phi) is 3.06. The monoisotopic (exact) mass is 288 g/mol. The fraction of sp³-hybridized carbons (Fsp3) is 0.133. The maximum Gasteiger partial charge on any atom is 0.393 e. The third-order valence-electron chi connectivity index (χ3n) is 3.30. The van der Waals surface area contributed by atoms with Crippen LogP contribution in [0.3, 0.4) is 0 Å². The van der Waals surface area contributed by atoms with E-state index in [2.05, 4.69) is 4.40 Å². The minimum absolute atomic E-state index is 0.318. The minimum atomic E-state index is -3.51. The van der Waals surface area contributed by atoms with Crippen molar-refractivity contribution in [3.05, 3.63) is 59.7 Å². The van der Waals surface area contributed by atoms with Gasteiger partial charge in [-0.25, -0.2) is 0 Å². The molecule has 1 heterocycles. The van der Waals surface area contributed by atoms with Crippen molar-refractivity contribution >= 4 is 15.7 Å². The second-order valence-corrected chi connectivity index (χ2v) is 6.25. The van der Waals surface area contributed by atoms with Crippen molar-refractivity contribution in [1.82, 2.24) is 0 Å². The summed E-state index contributed by atoms with van der Waals surface area (Å²) < 4.78 is 32.4. The molecule has 0 fully saturated rings. The van der Waals surface area contributed by atoms with Crippen molar-refractivity contribution in [2.24, 2.45) is 0 Å². The summed E-state index contributed by atoms with van der Waals surface area (Å²) in [7, 11) is -1.94. The lowest BCUT2D eigenvalue weighted by Gasteiger charge is -2.12. The topological polar surface area (TPSA) is 57.3 Å². The molecule has 5 heteroatoms. The van der Waals surface area contributed by atoms with Crippen LogP contribution in [0.1, 0.15) is 11.1 Å². The molecule has 0 saturated heterocycles. The van der Waals surface area contributed by atoms with E-state index >= 15 is 0 Å². The van der Waals surface area contributed by atoms with Crippen LogP contribution >= 0.6 is 0 Å². The van der Waals surface area contributed by atoms with Crippen LogP contribution in [0.25, 0.3) is 0 Å².